The maximum atomic E-state index is 12.1. The van der Waals surface area contributed by atoms with Gasteiger partial charge in [-0.05, 0) is 54.4 Å². The van der Waals surface area contributed by atoms with Crippen molar-refractivity contribution in [3.05, 3.63) is 88.4 Å². The molecule has 1 unspecified atom stereocenters. The lowest BCUT2D eigenvalue weighted by Crippen LogP contribution is -3.00. The third kappa shape index (κ3) is 3.37. The van der Waals surface area contributed by atoms with Crippen LogP contribution in [-0.4, -0.2) is 29.2 Å². The minimum Gasteiger partial charge on any atom is -1.00 e. The first-order valence-electron chi connectivity index (χ1n) is 9.74. The van der Waals surface area contributed by atoms with Crippen molar-refractivity contribution >= 4 is 33.1 Å². The van der Waals surface area contributed by atoms with Gasteiger partial charge in [-0.15, -0.1) is 0 Å². The van der Waals surface area contributed by atoms with Crippen molar-refractivity contribution in [1.29, 1.82) is 0 Å². The van der Waals surface area contributed by atoms with Gasteiger partial charge in [-0.2, -0.15) is 4.58 Å². The minimum absolute atomic E-state index is 0. The van der Waals surface area contributed by atoms with Crippen LogP contribution in [0.15, 0.2) is 77.3 Å². The molecule has 1 N–H and O–H groups in total. The number of β-amino-alcohol motifs (C(OH)–C–C–N with tert-alkyl or cyclic N) is 1. The Bertz CT molecular complexity index is 1100. The topological polar surface area (TPSA) is 35.7 Å². The molecule has 6 heteroatoms. The van der Waals surface area contributed by atoms with Crippen LogP contribution < -0.4 is 26.6 Å². The Morgan fingerprint density at radius 2 is 1.67 bits per heavy atom. The molecule has 30 heavy (non-hydrogen) atoms. The maximum absolute atomic E-state index is 12.1. The van der Waals surface area contributed by atoms with Gasteiger partial charge in [0.2, 0.25) is 0 Å². The Morgan fingerprint density at radius 3 is 2.37 bits per heavy atom. The summed E-state index contributed by atoms with van der Waals surface area (Å²) in [5.41, 5.74) is 3.13. The predicted octanol–water partition coefficient (Wildman–Crippen LogP) is 1.82. The summed E-state index contributed by atoms with van der Waals surface area (Å²) in [5.74, 6) is 1.95. The quantitative estimate of drug-likeness (QED) is 0.526. The molecular weight excluding hydrogens is 508 g/mol. The van der Waals surface area contributed by atoms with E-state index in [0.29, 0.717) is 6.54 Å². The first-order chi connectivity index (χ1) is 14.1. The number of amidine groups is 1. The van der Waals surface area contributed by atoms with E-state index in [4.69, 9.17) is 4.74 Å². The average Bonchev–Trinajstić information content (AvgIpc) is 3.08. The van der Waals surface area contributed by atoms with Crippen molar-refractivity contribution < 1.29 is 31.4 Å². The zero-order chi connectivity index (χ0) is 20.0. The molecule has 2 aliphatic rings. The number of aliphatic hydroxyl groups is 1. The third-order valence-electron chi connectivity index (χ3n) is 5.86. The van der Waals surface area contributed by atoms with E-state index in [1.165, 1.54) is 5.56 Å². The summed E-state index contributed by atoms with van der Waals surface area (Å²) in [5, 5.41) is 12.1. The van der Waals surface area contributed by atoms with Crippen LogP contribution in [0.3, 0.4) is 0 Å². The number of nitrogens with zero attached hydrogens (tertiary/aromatic N) is 2. The Kier molecular flexibility index (Phi) is 5.75. The zero-order valence-corrected chi connectivity index (χ0v) is 19.7. The molecule has 0 amide bonds. The second-order valence-electron chi connectivity index (χ2n) is 7.49. The normalized spacial score (nSPS) is 19.8. The molecule has 0 bridgehead atoms. The van der Waals surface area contributed by atoms with E-state index in [9.17, 15) is 5.11 Å². The number of fused-ring (bicyclic) bond motifs is 2. The van der Waals surface area contributed by atoms with Crippen LogP contribution in [0.25, 0.3) is 0 Å². The van der Waals surface area contributed by atoms with Gasteiger partial charge >= 0.3 is 0 Å². The monoisotopic (exact) mass is 528 g/mol. The van der Waals surface area contributed by atoms with Gasteiger partial charge in [0.05, 0.1) is 13.5 Å². The lowest BCUT2D eigenvalue weighted by Gasteiger charge is -2.26. The van der Waals surface area contributed by atoms with Crippen LogP contribution in [0.5, 0.6) is 5.75 Å². The van der Waals surface area contributed by atoms with Crippen molar-refractivity contribution in [3.63, 3.8) is 0 Å². The number of ether oxygens (including phenoxy) is 1. The molecule has 3 aromatic carbocycles. The number of aryl methyl sites for hydroxylation is 1. The van der Waals surface area contributed by atoms with E-state index in [1.54, 1.807) is 7.11 Å². The van der Waals surface area contributed by atoms with Crippen LogP contribution in [-0.2, 0) is 12.1 Å². The number of halogens is 2. The molecule has 4 nitrogen and oxygen atoms in total. The van der Waals surface area contributed by atoms with Gasteiger partial charge in [-0.3, -0.25) is 0 Å². The number of para-hydroxylation sites is 1. The predicted molar refractivity (Wildman–Crippen MR) is 118 cm³/mol. The number of hydrogen-bond acceptors (Lipinski definition) is 3. The molecule has 0 saturated heterocycles. The highest BCUT2D eigenvalue weighted by molar-refractivity contribution is 9.10. The van der Waals surface area contributed by atoms with E-state index in [1.807, 2.05) is 42.5 Å². The molecule has 2 heterocycles. The minimum atomic E-state index is -1.15. The Labute approximate surface area is 195 Å². The Balaban J connectivity index is 0.00000218. The highest BCUT2D eigenvalue weighted by Gasteiger charge is 2.54. The smallest absolute Gasteiger partial charge is 0.275 e. The summed E-state index contributed by atoms with van der Waals surface area (Å²) in [6.45, 7) is 0.463. The van der Waals surface area contributed by atoms with Crippen molar-refractivity contribution in [2.75, 3.05) is 18.6 Å². The molecule has 2 aliphatic heterocycles. The second-order valence-corrected chi connectivity index (χ2v) is 8.40. The summed E-state index contributed by atoms with van der Waals surface area (Å²) in [6.07, 6.45) is 1.84. The van der Waals surface area contributed by atoms with Crippen molar-refractivity contribution in [1.82, 2.24) is 0 Å². The van der Waals surface area contributed by atoms with Crippen LogP contribution in [0, 0.1) is 0 Å². The van der Waals surface area contributed by atoms with Crippen molar-refractivity contribution in [3.8, 4) is 5.75 Å². The lowest BCUT2D eigenvalue weighted by atomic mass is 9.98. The van der Waals surface area contributed by atoms with Crippen LogP contribution in [0.4, 0.5) is 11.4 Å². The van der Waals surface area contributed by atoms with E-state index in [-0.39, 0.29) is 17.0 Å². The Morgan fingerprint density at radius 1 is 0.967 bits per heavy atom. The van der Waals surface area contributed by atoms with E-state index in [2.05, 4.69) is 55.7 Å². The number of methoxy groups -OCH3 is 1. The summed E-state index contributed by atoms with van der Waals surface area (Å²) >= 11 is 3.51. The summed E-state index contributed by atoms with van der Waals surface area (Å²) in [6, 6.07) is 24.4. The number of hydrogen-bond donors (Lipinski definition) is 1. The summed E-state index contributed by atoms with van der Waals surface area (Å²) in [4.78, 5) is 2.23. The molecule has 0 spiro atoms. The van der Waals surface area contributed by atoms with Crippen LogP contribution in [0.2, 0.25) is 0 Å². The molecule has 0 aliphatic carbocycles. The molecular formula is C24H22Br2N2O2. The molecule has 5 rings (SSSR count). The molecule has 0 saturated carbocycles. The van der Waals surface area contributed by atoms with Gasteiger partial charge in [-0.1, -0.05) is 46.3 Å². The molecule has 0 fully saturated rings. The van der Waals surface area contributed by atoms with Crippen LogP contribution in [0.1, 0.15) is 17.5 Å². The number of anilines is 1. The fourth-order valence-electron chi connectivity index (χ4n) is 4.43. The first-order valence-corrected chi connectivity index (χ1v) is 10.5. The van der Waals surface area contributed by atoms with Gasteiger partial charge in [0, 0.05) is 10.0 Å². The molecule has 3 aromatic rings. The Hall–Kier alpha value is -2.15. The number of benzene rings is 3. The fourth-order valence-corrected chi connectivity index (χ4v) is 4.69. The zero-order valence-electron chi connectivity index (χ0n) is 16.6. The van der Waals surface area contributed by atoms with Gasteiger partial charge in [-0.25, -0.2) is 4.90 Å². The standard InChI is InChI=1S/C24H22BrN2O2.BrH/c1-29-21-13-11-20(12-14-21)26-16-24(28,18-7-9-19(25)10-8-18)27-22-5-3-2-4-17(22)6-15-23(26)27;/h2-5,7-14,28H,6,15-16H2,1H3;1H/q+1;/p-1. The van der Waals surface area contributed by atoms with E-state index in [0.717, 1.165) is 45.8 Å². The van der Waals surface area contributed by atoms with Gasteiger partial charge in [0.15, 0.2) is 6.54 Å². The molecule has 0 aromatic heterocycles. The lowest BCUT2D eigenvalue weighted by molar-refractivity contribution is -0.594. The number of rotatable bonds is 3. The molecule has 1 atom stereocenters. The van der Waals surface area contributed by atoms with Gasteiger partial charge in [0.25, 0.3) is 11.6 Å². The first kappa shape index (κ1) is 21.1. The SMILES string of the molecule is COc1ccc(N2CC(O)(c3ccc(Br)cc3)[N+]3=C2CCc2ccccc23)cc1.[Br-]. The fraction of sp³-hybridized carbons (Fsp3) is 0.208. The van der Waals surface area contributed by atoms with Crippen molar-refractivity contribution in [2.24, 2.45) is 0 Å². The second kappa shape index (κ2) is 8.17. The van der Waals surface area contributed by atoms with E-state index < -0.39 is 5.72 Å². The third-order valence-corrected chi connectivity index (χ3v) is 6.39. The summed E-state index contributed by atoms with van der Waals surface area (Å²) < 4.78 is 8.44. The maximum Gasteiger partial charge on any atom is 0.275 e. The van der Waals surface area contributed by atoms with E-state index >= 15 is 0 Å². The summed E-state index contributed by atoms with van der Waals surface area (Å²) in [7, 11) is 1.67. The highest BCUT2D eigenvalue weighted by atomic mass is 79.9. The van der Waals surface area contributed by atoms with Gasteiger partial charge in [0.1, 0.15) is 17.1 Å². The van der Waals surface area contributed by atoms with Gasteiger partial charge < -0.3 is 26.8 Å². The largest absolute Gasteiger partial charge is 1.00 e. The van der Waals surface area contributed by atoms with Crippen molar-refractivity contribution in [2.45, 2.75) is 18.6 Å². The molecule has 0 radical (unpaired) electrons. The average molecular weight is 530 g/mol. The van der Waals surface area contributed by atoms with Crippen LogP contribution >= 0.6 is 15.9 Å². The highest BCUT2D eigenvalue weighted by Crippen LogP contribution is 2.42. The molecule has 154 valence electrons.